The molecule has 262 valence electrons. The van der Waals surface area contributed by atoms with Crippen LogP contribution < -0.4 is 0 Å². The van der Waals surface area contributed by atoms with Crippen molar-refractivity contribution in [1.29, 1.82) is 0 Å². The number of aromatic nitrogens is 6. The van der Waals surface area contributed by atoms with Crippen molar-refractivity contribution in [3.63, 3.8) is 0 Å². The fourth-order valence-corrected chi connectivity index (χ4v) is 7.63. The van der Waals surface area contributed by atoms with Gasteiger partial charge in [0.15, 0.2) is 34.6 Å². The third kappa shape index (κ3) is 5.33. The van der Waals surface area contributed by atoms with Crippen LogP contribution in [0.25, 0.3) is 106 Å². The van der Waals surface area contributed by atoms with E-state index in [9.17, 15) is 0 Å². The summed E-state index contributed by atoms with van der Waals surface area (Å²) in [4.78, 5) is 25.7. The Morgan fingerprint density at radius 2 is 0.929 bits per heavy atom. The highest BCUT2D eigenvalue weighted by Gasteiger charge is 2.23. The van der Waals surface area contributed by atoms with E-state index in [-0.39, 0.29) is 0 Å². The van der Waals surface area contributed by atoms with Crippen molar-refractivity contribution >= 4 is 43.9 Å². The Bertz CT molecular complexity index is 3250. The summed E-state index contributed by atoms with van der Waals surface area (Å²) in [5.41, 5.74) is 10.5. The number of furan rings is 1. The molecule has 7 heteroatoms. The maximum absolute atomic E-state index is 6.55. The van der Waals surface area contributed by atoms with E-state index < -0.39 is 0 Å². The number of hydrogen-bond donors (Lipinski definition) is 0. The molecule has 0 amide bonds. The molecule has 0 aliphatic rings. The lowest BCUT2D eigenvalue weighted by Crippen LogP contribution is -2.03. The first-order chi connectivity index (χ1) is 27.7. The second-order valence-electron chi connectivity index (χ2n) is 13.7. The van der Waals surface area contributed by atoms with Crippen molar-refractivity contribution in [2.75, 3.05) is 0 Å². The van der Waals surface area contributed by atoms with Gasteiger partial charge in [0.1, 0.15) is 11.1 Å². The van der Waals surface area contributed by atoms with Gasteiger partial charge in [0.05, 0.1) is 11.0 Å². The standard InChI is InChI=1S/C49H30N6O/c1-4-15-31(16-5-1)33-19-14-20-34(29-33)48-52-46(32-17-6-2-7-18-32)53-49(54-48)44-45-43(39-24-11-13-26-42(39)56-45)50-47(51-44)35-27-28-38-37-23-10-12-25-40(37)55(41(38)30-35)36-21-8-3-9-22-36/h1-30H. The molecule has 4 heterocycles. The first-order valence-electron chi connectivity index (χ1n) is 18.5. The second-order valence-corrected chi connectivity index (χ2v) is 13.7. The van der Waals surface area contributed by atoms with Crippen LogP contribution in [0, 0.1) is 0 Å². The molecule has 0 saturated heterocycles. The van der Waals surface area contributed by atoms with Gasteiger partial charge in [0.2, 0.25) is 0 Å². The number of benzene rings is 7. The van der Waals surface area contributed by atoms with Crippen molar-refractivity contribution in [3.05, 3.63) is 182 Å². The molecule has 0 saturated carbocycles. The van der Waals surface area contributed by atoms with E-state index >= 15 is 0 Å². The molecule has 7 aromatic carbocycles. The predicted octanol–water partition coefficient (Wildman–Crippen LogP) is 12.0. The van der Waals surface area contributed by atoms with Crippen molar-refractivity contribution in [2.45, 2.75) is 0 Å². The van der Waals surface area contributed by atoms with Gasteiger partial charge in [-0.2, -0.15) is 0 Å². The lowest BCUT2D eigenvalue weighted by molar-refractivity contribution is 0.666. The van der Waals surface area contributed by atoms with E-state index in [0.717, 1.165) is 55.3 Å². The topological polar surface area (TPSA) is 82.5 Å². The highest BCUT2D eigenvalue weighted by molar-refractivity contribution is 6.11. The van der Waals surface area contributed by atoms with Crippen LogP contribution in [0.1, 0.15) is 0 Å². The zero-order valence-electron chi connectivity index (χ0n) is 29.9. The minimum Gasteiger partial charge on any atom is -0.452 e. The first kappa shape index (κ1) is 31.7. The highest BCUT2D eigenvalue weighted by Crippen LogP contribution is 2.38. The quantitative estimate of drug-likeness (QED) is 0.170. The minimum atomic E-state index is 0.395. The average molecular weight is 719 g/mol. The Morgan fingerprint density at radius 3 is 1.73 bits per heavy atom. The van der Waals surface area contributed by atoms with E-state index in [1.165, 1.54) is 5.39 Å². The first-order valence-corrected chi connectivity index (χ1v) is 18.5. The van der Waals surface area contributed by atoms with Crippen molar-refractivity contribution in [2.24, 2.45) is 0 Å². The fraction of sp³-hybridized carbons (Fsp3) is 0. The van der Waals surface area contributed by atoms with E-state index in [1.54, 1.807) is 0 Å². The van der Waals surface area contributed by atoms with Crippen LogP contribution in [-0.2, 0) is 0 Å². The Morgan fingerprint density at radius 1 is 0.357 bits per heavy atom. The van der Waals surface area contributed by atoms with Gasteiger partial charge < -0.3 is 8.98 Å². The molecular formula is C49H30N6O. The lowest BCUT2D eigenvalue weighted by atomic mass is 10.0. The number of hydrogen-bond acceptors (Lipinski definition) is 6. The summed E-state index contributed by atoms with van der Waals surface area (Å²) >= 11 is 0. The van der Waals surface area contributed by atoms with Crippen LogP contribution in [0.15, 0.2) is 186 Å². The van der Waals surface area contributed by atoms with Crippen LogP contribution in [-0.4, -0.2) is 29.5 Å². The van der Waals surface area contributed by atoms with Gasteiger partial charge in [-0.3, -0.25) is 0 Å². The van der Waals surface area contributed by atoms with Crippen LogP contribution in [0.2, 0.25) is 0 Å². The molecule has 0 bridgehead atoms. The summed E-state index contributed by atoms with van der Waals surface area (Å²) in [6.45, 7) is 0. The SMILES string of the molecule is c1ccc(-c2cccc(-c3nc(-c4ccccc4)nc(-c4nc(-c5ccc6c7ccccc7n(-c7ccccc7)c6c5)nc5c4oc4ccccc45)n3)c2)cc1. The number of nitrogens with zero attached hydrogens (tertiary/aromatic N) is 6. The largest absolute Gasteiger partial charge is 0.452 e. The molecule has 56 heavy (non-hydrogen) atoms. The molecule has 0 spiro atoms. The number of para-hydroxylation sites is 3. The van der Waals surface area contributed by atoms with Gasteiger partial charge in [-0.1, -0.05) is 140 Å². The molecule has 11 rings (SSSR count). The van der Waals surface area contributed by atoms with E-state index in [0.29, 0.717) is 45.7 Å². The molecule has 0 fully saturated rings. The maximum atomic E-state index is 6.55. The number of fused-ring (bicyclic) bond motifs is 6. The molecule has 4 aromatic heterocycles. The zero-order valence-corrected chi connectivity index (χ0v) is 29.9. The van der Waals surface area contributed by atoms with Crippen LogP contribution >= 0.6 is 0 Å². The Labute approximate surface area is 321 Å². The summed E-state index contributed by atoms with van der Waals surface area (Å²) in [5, 5.41) is 3.22. The third-order valence-corrected chi connectivity index (χ3v) is 10.3. The van der Waals surface area contributed by atoms with Gasteiger partial charge in [0.25, 0.3) is 0 Å². The zero-order chi connectivity index (χ0) is 37.0. The van der Waals surface area contributed by atoms with Gasteiger partial charge in [-0.05, 0) is 53.6 Å². The monoisotopic (exact) mass is 718 g/mol. The van der Waals surface area contributed by atoms with E-state index in [4.69, 9.17) is 29.3 Å². The summed E-state index contributed by atoms with van der Waals surface area (Å²) in [6, 6.07) is 61.9. The average Bonchev–Trinajstić information content (AvgIpc) is 3.82. The molecule has 7 nitrogen and oxygen atoms in total. The smallest absolute Gasteiger partial charge is 0.186 e. The van der Waals surface area contributed by atoms with E-state index in [1.807, 2.05) is 91.0 Å². The van der Waals surface area contributed by atoms with Gasteiger partial charge in [-0.25, -0.2) is 24.9 Å². The minimum absolute atomic E-state index is 0.395. The molecule has 0 radical (unpaired) electrons. The maximum Gasteiger partial charge on any atom is 0.186 e. The molecule has 0 aliphatic heterocycles. The normalized spacial score (nSPS) is 11.6. The third-order valence-electron chi connectivity index (χ3n) is 10.3. The summed E-state index contributed by atoms with van der Waals surface area (Å²) < 4.78 is 8.85. The lowest BCUT2D eigenvalue weighted by Gasteiger charge is -2.11. The van der Waals surface area contributed by atoms with E-state index in [2.05, 4.69) is 95.6 Å². The van der Waals surface area contributed by atoms with Gasteiger partial charge >= 0.3 is 0 Å². The molecule has 11 aromatic rings. The summed E-state index contributed by atoms with van der Waals surface area (Å²) in [7, 11) is 0. The van der Waals surface area contributed by atoms with Crippen LogP contribution in [0.3, 0.4) is 0 Å². The molecule has 0 unspecified atom stereocenters. The molecule has 0 atom stereocenters. The second kappa shape index (κ2) is 13.0. The van der Waals surface area contributed by atoms with Crippen LogP contribution in [0.5, 0.6) is 0 Å². The number of rotatable bonds is 6. The van der Waals surface area contributed by atoms with Gasteiger partial charge in [-0.15, -0.1) is 0 Å². The summed E-state index contributed by atoms with van der Waals surface area (Å²) in [5.74, 6) is 2.00. The predicted molar refractivity (Wildman–Crippen MR) is 224 cm³/mol. The summed E-state index contributed by atoms with van der Waals surface area (Å²) in [6.07, 6.45) is 0. The fourth-order valence-electron chi connectivity index (χ4n) is 7.63. The Kier molecular flexibility index (Phi) is 7.35. The molecule has 0 aliphatic carbocycles. The van der Waals surface area contributed by atoms with Gasteiger partial charge in [0, 0.05) is 38.5 Å². The Balaban J connectivity index is 1.16. The van der Waals surface area contributed by atoms with Crippen molar-refractivity contribution < 1.29 is 4.42 Å². The molecular weight excluding hydrogens is 689 g/mol. The highest BCUT2D eigenvalue weighted by atomic mass is 16.3. The molecule has 0 N–H and O–H groups in total. The Hall–Kier alpha value is -7.77. The van der Waals surface area contributed by atoms with Crippen LogP contribution in [0.4, 0.5) is 0 Å². The van der Waals surface area contributed by atoms with Crippen molar-refractivity contribution in [3.8, 4) is 62.5 Å². The van der Waals surface area contributed by atoms with Crippen molar-refractivity contribution in [1.82, 2.24) is 29.5 Å².